The predicted molar refractivity (Wildman–Crippen MR) is 171 cm³/mol. The fourth-order valence-electron chi connectivity index (χ4n) is 5.47. The highest BCUT2D eigenvalue weighted by molar-refractivity contribution is 5.89. The minimum atomic E-state index is -0.619. The van der Waals surface area contributed by atoms with Gasteiger partial charge in [0.05, 0.1) is 31.3 Å². The Morgan fingerprint density at radius 2 is 1.19 bits per heavy atom. The number of ether oxygens (including phenoxy) is 3. The van der Waals surface area contributed by atoms with Gasteiger partial charge in [-0.15, -0.1) is 0 Å². The Kier molecular flexibility index (Phi) is 19.4. The number of carbonyl (C=O) groups excluding carboxylic acids is 2. The first-order valence-electron chi connectivity index (χ1n) is 16.6. The standard InChI is InChI=1S/C37H56O5/c1-4-6-8-10-11-12-13-14-21-27-33(41-30-31-23-17-15-18-24-31)29-35(42-36(38)32-25-19-16-20-26-32)34(37(39)40-3)28-22-9-7-5-2/h15-20,23-26,33-35H,4-14,21-22,27-30H2,1-3H3/t33-,34-,35+/m1/s1. The van der Waals surface area contributed by atoms with Crippen LogP contribution in [0.25, 0.3) is 0 Å². The van der Waals surface area contributed by atoms with Crippen molar-refractivity contribution in [3.05, 3.63) is 71.8 Å². The molecule has 234 valence electrons. The monoisotopic (exact) mass is 580 g/mol. The van der Waals surface area contributed by atoms with Crippen molar-refractivity contribution < 1.29 is 23.8 Å². The lowest BCUT2D eigenvalue weighted by atomic mass is 9.90. The maximum Gasteiger partial charge on any atom is 0.338 e. The van der Waals surface area contributed by atoms with Gasteiger partial charge in [0.15, 0.2) is 0 Å². The fraction of sp³-hybridized carbons (Fsp3) is 0.622. The van der Waals surface area contributed by atoms with Crippen LogP contribution in [0.4, 0.5) is 0 Å². The van der Waals surface area contributed by atoms with Crippen LogP contribution in [0.3, 0.4) is 0 Å². The van der Waals surface area contributed by atoms with Crippen molar-refractivity contribution in [2.45, 2.75) is 135 Å². The van der Waals surface area contributed by atoms with Crippen LogP contribution in [0, 0.1) is 5.92 Å². The van der Waals surface area contributed by atoms with E-state index >= 15 is 0 Å². The smallest absolute Gasteiger partial charge is 0.338 e. The lowest BCUT2D eigenvalue weighted by Gasteiger charge is -2.29. The molecule has 0 aromatic heterocycles. The molecule has 0 saturated carbocycles. The van der Waals surface area contributed by atoms with Crippen LogP contribution in [0.2, 0.25) is 0 Å². The number of methoxy groups -OCH3 is 1. The Labute approximate surface area is 255 Å². The van der Waals surface area contributed by atoms with Crippen molar-refractivity contribution in [2.24, 2.45) is 5.92 Å². The first-order chi connectivity index (χ1) is 20.6. The van der Waals surface area contributed by atoms with E-state index in [1.54, 1.807) is 12.1 Å². The van der Waals surface area contributed by atoms with Crippen LogP contribution in [0.15, 0.2) is 60.7 Å². The average Bonchev–Trinajstić information content (AvgIpc) is 3.03. The summed E-state index contributed by atoms with van der Waals surface area (Å²) in [7, 11) is 1.42. The highest BCUT2D eigenvalue weighted by atomic mass is 16.6. The highest BCUT2D eigenvalue weighted by Gasteiger charge is 2.34. The van der Waals surface area contributed by atoms with Gasteiger partial charge < -0.3 is 14.2 Å². The summed E-state index contributed by atoms with van der Waals surface area (Å²) in [6.45, 7) is 4.91. The van der Waals surface area contributed by atoms with Crippen molar-refractivity contribution in [3.8, 4) is 0 Å². The number of unbranched alkanes of at least 4 members (excludes halogenated alkanes) is 11. The molecule has 0 aliphatic heterocycles. The van der Waals surface area contributed by atoms with Gasteiger partial charge in [-0.05, 0) is 30.5 Å². The van der Waals surface area contributed by atoms with Crippen LogP contribution in [0.5, 0.6) is 0 Å². The van der Waals surface area contributed by atoms with E-state index in [-0.39, 0.29) is 12.1 Å². The summed E-state index contributed by atoms with van der Waals surface area (Å²) in [5.74, 6) is -1.25. The van der Waals surface area contributed by atoms with E-state index < -0.39 is 18.0 Å². The average molecular weight is 581 g/mol. The van der Waals surface area contributed by atoms with Gasteiger partial charge in [-0.2, -0.15) is 0 Å². The lowest BCUT2D eigenvalue weighted by Crippen LogP contribution is -2.37. The quantitative estimate of drug-likeness (QED) is 0.0913. The van der Waals surface area contributed by atoms with Gasteiger partial charge in [0.2, 0.25) is 0 Å². The molecule has 3 atom stereocenters. The van der Waals surface area contributed by atoms with E-state index in [0.29, 0.717) is 25.0 Å². The third-order valence-corrected chi connectivity index (χ3v) is 8.04. The molecule has 42 heavy (non-hydrogen) atoms. The molecule has 0 aliphatic carbocycles. The van der Waals surface area contributed by atoms with Crippen LogP contribution in [-0.4, -0.2) is 31.3 Å². The van der Waals surface area contributed by atoms with E-state index in [4.69, 9.17) is 14.2 Å². The second-order valence-corrected chi connectivity index (χ2v) is 11.6. The zero-order chi connectivity index (χ0) is 30.3. The van der Waals surface area contributed by atoms with E-state index in [9.17, 15) is 9.59 Å². The second kappa shape index (κ2) is 22.9. The molecule has 0 spiro atoms. The van der Waals surface area contributed by atoms with Gasteiger partial charge in [-0.1, -0.05) is 146 Å². The zero-order valence-electron chi connectivity index (χ0n) is 26.6. The minimum Gasteiger partial charge on any atom is -0.469 e. The topological polar surface area (TPSA) is 61.8 Å². The number of rotatable bonds is 24. The molecule has 2 aromatic carbocycles. The van der Waals surface area contributed by atoms with Gasteiger partial charge in [-0.25, -0.2) is 4.79 Å². The summed E-state index contributed by atoms with van der Waals surface area (Å²) < 4.78 is 17.9. The number of hydrogen-bond acceptors (Lipinski definition) is 5. The van der Waals surface area contributed by atoms with Gasteiger partial charge in [0.1, 0.15) is 6.10 Å². The third-order valence-electron chi connectivity index (χ3n) is 8.04. The predicted octanol–water partition coefficient (Wildman–Crippen LogP) is 9.87. The van der Waals surface area contributed by atoms with Gasteiger partial charge in [0.25, 0.3) is 0 Å². The largest absolute Gasteiger partial charge is 0.469 e. The second-order valence-electron chi connectivity index (χ2n) is 11.6. The molecular weight excluding hydrogens is 524 g/mol. The third kappa shape index (κ3) is 15.0. The summed E-state index contributed by atoms with van der Waals surface area (Å²) in [6.07, 6.45) is 16.7. The van der Waals surface area contributed by atoms with Gasteiger partial charge in [0, 0.05) is 6.42 Å². The maximum atomic E-state index is 13.2. The molecule has 0 aliphatic rings. The molecule has 0 N–H and O–H groups in total. The van der Waals surface area contributed by atoms with Crippen LogP contribution >= 0.6 is 0 Å². The van der Waals surface area contributed by atoms with Crippen molar-refractivity contribution in [3.63, 3.8) is 0 Å². The lowest BCUT2D eigenvalue weighted by molar-refractivity contribution is -0.151. The van der Waals surface area contributed by atoms with Crippen LogP contribution in [0.1, 0.15) is 133 Å². The molecular formula is C37H56O5. The molecule has 0 heterocycles. The van der Waals surface area contributed by atoms with Gasteiger partial charge >= 0.3 is 11.9 Å². The first kappa shape index (κ1) is 35.5. The number of benzene rings is 2. The van der Waals surface area contributed by atoms with Crippen LogP contribution < -0.4 is 0 Å². The molecule has 0 saturated heterocycles. The van der Waals surface area contributed by atoms with E-state index in [1.807, 2.05) is 36.4 Å². The highest BCUT2D eigenvalue weighted by Crippen LogP contribution is 2.27. The molecule has 0 fully saturated rings. The summed E-state index contributed by atoms with van der Waals surface area (Å²) >= 11 is 0. The zero-order valence-corrected chi connectivity index (χ0v) is 26.6. The normalized spacial score (nSPS) is 13.3. The molecule has 5 heteroatoms. The minimum absolute atomic E-state index is 0.133. The fourth-order valence-corrected chi connectivity index (χ4v) is 5.47. The van der Waals surface area contributed by atoms with Gasteiger partial charge in [-0.3, -0.25) is 4.79 Å². The van der Waals surface area contributed by atoms with Crippen molar-refractivity contribution in [2.75, 3.05) is 7.11 Å². The Balaban J connectivity index is 2.13. The summed E-state index contributed by atoms with van der Waals surface area (Å²) in [4.78, 5) is 26.3. The number of esters is 2. The molecule has 0 unspecified atom stereocenters. The molecule has 0 amide bonds. The maximum absolute atomic E-state index is 13.2. The summed E-state index contributed by atoms with van der Waals surface area (Å²) in [6, 6.07) is 19.2. The Morgan fingerprint density at radius 3 is 1.79 bits per heavy atom. The SMILES string of the molecule is CCCCCCCCCCC[C@H](C[C@H](OC(=O)c1ccccc1)[C@@H](CCCCCC)C(=O)OC)OCc1ccccc1. The number of hydrogen-bond donors (Lipinski definition) is 0. The van der Waals surface area contributed by atoms with E-state index in [2.05, 4.69) is 26.0 Å². The Hall–Kier alpha value is -2.66. The summed E-state index contributed by atoms with van der Waals surface area (Å²) in [5.41, 5.74) is 1.59. The Bertz CT molecular complexity index is 945. The molecule has 0 radical (unpaired) electrons. The van der Waals surface area contributed by atoms with E-state index in [0.717, 1.165) is 50.5 Å². The molecule has 2 aromatic rings. The first-order valence-corrected chi connectivity index (χ1v) is 16.6. The van der Waals surface area contributed by atoms with Crippen molar-refractivity contribution >= 4 is 11.9 Å². The Morgan fingerprint density at radius 1 is 0.667 bits per heavy atom. The summed E-state index contributed by atoms with van der Waals surface area (Å²) in [5, 5.41) is 0. The van der Waals surface area contributed by atoms with Crippen molar-refractivity contribution in [1.82, 2.24) is 0 Å². The van der Waals surface area contributed by atoms with E-state index in [1.165, 1.54) is 52.1 Å². The molecule has 2 rings (SSSR count). The molecule has 5 nitrogen and oxygen atoms in total. The number of carbonyl (C=O) groups is 2. The molecule has 0 bridgehead atoms. The van der Waals surface area contributed by atoms with Crippen molar-refractivity contribution in [1.29, 1.82) is 0 Å². The van der Waals surface area contributed by atoms with Crippen LogP contribution in [-0.2, 0) is 25.6 Å².